The summed E-state index contributed by atoms with van der Waals surface area (Å²) in [5, 5.41) is 0. The van der Waals surface area contributed by atoms with E-state index in [9.17, 15) is 4.79 Å². The van der Waals surface area contributed by atoms with E-state index in [0.717, 1.165) is 42.4 Å². The molecule has 2 heterocycles. The Balaban J connectivity index is 2.05. The number of aromatic nitrogens is 1. The van der Waals surface area contributed by atoms with Gasteiger partial charge in [-0.3, -0.25) is 14.7 Å². The van der Waals surface area contributed by atoms with Gasteiger partial charge in [-0.1, -0.05) is 6.42 Å². The van der Waals surface area contributed by atoms with E-state index in [2.05, 4.69) is 25.8 Å². The van der Waals surface area contributed by atoms with Crippen molar-refractivity contribution in [2.24, 2.45) is 0 Å². The molecule has 5 heteroatoms. The summed E-state index contributed by atoms with van der Waals surface area (Å²) < 4.78 is 6.13. The summed E-state index contributed by atoms with van der Waals surface area (Å²) in [6, 6.07) is 1.94. The maximum atomic E-state index is 12.0. The first-order valence-electron chi connectivity index (χ1n) is 6.71. The van der Waals surface area contributed by atoms with Gasteiger partial charge in [-0.25, -0.2) is 0 Å². The lowest BCUT2D eigenvalue weighted by Crippen LogP contribution is -2.44. The zero-order chi connectivity index (χ0) is 13.7. The average molecular weight is 327 g/mol. The van der Waals surface area contributed by atoms with Crippen LogP contribution in [0.4, 0.5) is 0 Å². The second kappa shape index (κ2) is 7.01. The Kier molecular flexibility index (Phi) is 5.34. The topological polar surface area (TPSA) is 42.4 Å². The van der Waals surface area contributed by atoms with E-state index in [1.807, 2.05) is 19.2 Å². The van der Waals surface area contributed by atoms with Gasteiger partial charge in [-0.05, 0) is 53.9 Å². The SMILES string of the molecule is CCOC(=O)C1CCCCN1Cc1cncc(Br)c1. The monoisotopic (exact) mass is 326 g/mol. The quantitative estimate of drug-likeness (QED) is 0.798. The summed E-state index contributed by atoms with van der Waals surface area (Å²) in [5.41, 5.74) is 1.12. The van der Waals surface area contributed by atoms with Crippen LogP contribution in [-0.2, 0) is 16.1 Å². The van der Waals surface area contributed by atoms with Crippen molar-refractivity contribution in [3.05, 3.63) is 28.5 Å². The number of hydrogen-bond donors (Lipinski definition) is 0. The van der Waals surface area contributed by atoms with E-state index >= 15 is 0 Å². The molecule has 104 valence electrons. The lowest BCUT2D eigenvalue weighted by Gasteiger charge is -2.33. The first-order chi connectivity index (χ1) is 9.20. The molecule has 0 aliphatic carbocycles. The van der Waals surface area contributed by atoms with Gasteiger partial charge in [0.1, 0.15) is 6.04 Å². The largest absolute Gasteiger partial charge is 0.465 e. The minimum absolute atomic E-state index is 0.0924. The third kappa shape index (κ3) is 4.01. The van der Waals surface area contributed by atoms with Crippen LogP contribution in [0.2, 0.25) is 0 Å². The summed E-state index contributed by atoms with van der Waals surface area (Å²) in [6.45, 7) is 3.98. The Hall–Kier alpha value is -0.940. The van der Waals surface area contributed by atoms with Gasteiger partial charge in [0.15, 0.2) is 0 Å². The number of carbonyl (C=O) groups is 1. The number of ether oxygens (including phenoxy) is 1. The molecule has 0 amide bonds. The zero-order valence-corrected chi connectivity index (χ0v) is 12.7. The molecule has 1 aromatic rings. The first-order valence-corrected chi connectivity index (χ1v) is 7.50. The number of hydrogen-bond acceptors (Lipinski definition) is 4. The molecule has 0 N–H and O–H groups in total. The van der Waals surface area contributed by atoms with Crippen LogP contribution in [0.5, 0.6) is 0 Å². The van der Waals surface area contributed by atoms with Gasteiger partial charge in [0.2, 0.25) is 0 Å². The van der Waals surface area contributed by atoms with Crippen molar-refractivity contribution in [1.29, 1.82) is 0 Å². The third-order valence-electron chi connectivity index (χ3n) is 3.32. The molecule has 1 aliphatic rings. The summed E-state index contributed by atoms with van der Waals surface area (Å²) >= 11 is 3.42. The second-order valence-corrected chi connectivity index (χ2v) is 5.66. The molecule has 0 aromatic carbocycles. The Labute approximate surface area is 122 Å². The van der Waals surface area contributed by atoms with Crippen molar-refractivity contribution in [3.8, 4) is 0 Å². The molecule has 0 bridgehead atoms. The fraction of sp³-hybridized carbons (Fsp3) is 0.571. The Bertz CT molecular complexity index is 439. The van der Waals surface area contributed by atoms with Crippen LogP contribution in [0.25, 0.3) is 0 Å². The van der Waals surface area contributed by atoms with Crippen LogP contribution in [-0.4, -0.2) is 35.0 Å². The molecule has 1 saturated heterocycles. The predicted molar refractivity (Wildman–Crippen MR) is 76.6 cm³/mol. The minimum atomic E-state index is -0.104. The van der Waals surface area contributed by atoms with E-state index in [0.29, 0.717) is 6.61 Å². The lowest BCUT2D eigenvalue weighted by molar-refractivity contribution is -0.151. The van der Waals surface area contributed by atoms with Crippen molar-refractivity contribution in [1.82, 2.24) is 9.88 Å². The molecule has 0 radical (unpaired) electrons. The number of pyridine rings is 1. The van der Waals surface area contributed by atoms with Crippen LogP contribution in [0.3, 0.4) is 0 Å². The molecule has 1 fully saturated rings. The summed E-state index contributed by atoms with van der Waals surface area (Å²) in [7, 11) is 0. The molecule has 1 atom stereocenters. The van der Waals surface area contributed by atoms with Gasteiger partial charge in [0.25, 0.3) is 0 Å². The molecule has 2 rings (SSSR count). The van der Waals surface area contributed by atoms with Crippen molar-refractivity contribution >= 4 is 21.9 Å². The number of esters is 1. The maximum absolute atomic E-state index is 12.0. The fourth-order valence-corrected chi connectivity index (χ4v) is 2.87. The van der Waals surface area contributed by atoms with Gasteiger partial charge in [-0.2, -0.15) is 0 Å². The van der Waals surface area contributed by atoms with Crippen molar-refractivity contribution in [2.75, 3.05) is 13.2 Å². The summed E-state index contributed by atoms with van der Waals surface area (Å²) in [5.74, 6) is -0.0924. The number of halogens is 1. The standard InChI is InChI=1S/C14H19BrN2O2/c1-2-19-14(18)13-5-3-4-6-17(13)10-11-7-12(15)9-16-8-11/h7-9,13H,2-6,10H2,1H3. The highest BCUT2D eigenvalue weighted by Crippen LogP contribution is 2.21. The number of likely N-dealkylation sites (tertiary alicyclic amines) is 1. The minimum Gasteiger partial charge on any atom is -0.465 e. The second-order valence-electron chi connectivity index (χ2n) is 4.75. The van der Waals surface area contributed by atoms with E-state index in [1.165, 1.54) is 0 Å². The van der Waals surface area contributed by atoms with Gasteiger partial charge in [-0.15, -0.1) is 0 Å². The van der Waals surface area contributed by atoms with Gasteiger partial charge in [0.05, 0.1) is 6.61 Å². The molecule has 1 aliphatic heterocycles. The van der Waals surface area contributed by atoms with Crippen molar-refractivity contribution < 1.29 is 9.53 Å². The van der Waals surface area contributed by atoms with Crippen LogP contribution in [0.1, 0.15) is 31.7 Å². The Morgan fingerprint density at radius 3 is 3.11 bits per heavy atom. The van der Waals surface area contributed by atoms with Crippen molar-refractivity contribution in [2.45, 2.75) is 38.8 Å². The smallest absolute Gasteiger partial charge is 0.323 e. The number of rotatable bonds is 4. The molecule has 4 nitrogen and oxygen atoms in total. The summed E-state index contributed by atoms with van der Waals surface area (Å²) in [4.78, 5) is 18.3. The highest BCUT2D eigenvalue weighted by molar-refractivity contribution is 9.10. The fourth-order valence-electron chi connectivity index (χ4n) is 2.46. The van der Waals surface area contributed by atoms with Crippen LogP contribution >= 0.6 is 15.9 Å². The highest BCUT2D eigenvalue weighted by atomic mass is 79.9. The molecule has 1 aromatic heterocycles. The number of nitrogens with zero attached hydrogens (tertiary/aromatic N) is 2. The predicted octanol–water partition coefficient (Wildman–Crippen LogP) is 2.76. The van der Waals surface area contributed by atoms with E-state index in [-0.39, 0.29) is 12.0 Å². The normalized spacial score (nSPS) is 20.2. The highest BCUT2D eigenvalue weighted by Gasteiger charge is 2.29. The molecule has 19 heavy (non-hydrogen) atoms. The molecule has 0 spiro atoms. The zero-order valence-electron chi connectivity index (χ0n) is 11.1. The Morgan fingerprint density at radius 2 is 2.37 bits per heavy atom. The lowest BCUT2D eigenvalue weighted by atomic mass is 10.0. The number of piperidine rings is 1. The molecular formula is C14H19BrN2O2. The summed E-state index contributed by atoms with van der Waals surface area (Å²) in [6.07, 6.45) is 6.73. The van der Waals surface area contributed by atoms with Gasteiger partial charge >= 0.3 is 5.97 Å². The van der Waals surface area contributed by atoms with Crippen LogP contribution in [0.15, 0.2) is 22.9 Å². The van der Waals surface area contributed by atoms with E-state index < -0.39 is 0 Å². The third-order valence-corrected chi connectivity index (χ3v) is 3.75. The first kappa shape index (κ1) is 14.5. The van der Waals surface area contributed by atoms with E-state index in [1.54, 1.807) is 6.20 Å². The van der Waals surface area contributed by atoms with Gasteiger partial charge in [0, 0.05) is 23.4 Å². The average Bonchev–Trinajstić information content (AvgIpc) is 2.39. The maximum Gasteiger partial charge on any atom is 0.323 e. The molecular weight excluding hydrogens is 308 g/mol. The number of carbonyl (C=O) groups excluding carboxylic acids is 1. The van der Waals surface area contributed by atoms with E-state index in [4.69, 9.17) is 4.74 Å². The van der Waals surface area contributed by atoms with Crippen LogP contribution in [0, 0.1) is 0 Å². The van der Waals surface area contributed by atoms with Gasteiger partial charge < -0.3 is 4.74 Å². The van der Waals surface area contributed by atoms with Crippen molar-refractivity contribution in [3.63, 3.8) is 0 Å². The van der Waals surface area contributed by atoms with Crippen LogP contribution < -0.4 is 0 Å². The molecule has 1 unspecified atom stereocenters. The molecule has 0 saturated carbocycles. The Morgan fingerprint density at radius 1 is 1.53 bits per heavy atom.